The van der Waals surface area contributed by atoms with Gasteiger partial charge in [0.1, 0.15) is 17.4 Å². The van der Waals surface area contributed by atoms with Gasteiger partial charge in [-0.25, -0.2) is 9.97 Å². The topological polar surface area (TPSA) is 137 Å². The second kappa shape index (κ2) is 21.8. The van der Waals surface area contributed by atoms with Gasteiger partial charge in [0, 0.05) is 61.2 Å². The van der Waals surface area contributed by atoms with Crippen LogP contribution in [-0.2, 0) is 41.3 Å². The summed E-state index contributed by atoms with van der Waals surface area (Å²) in [5, 5.41) is 43.1. The second-order valence-corrected chi connectivity index (χ2v) is 29.6. The zero-order valence-corrected chi connectivity index (χ0v) is 51.8. The fraction of sp³-hybridized carbons (Fsp3) is 0.543. The van der Waals surface area contributed by atoms with Crippen LogP contribution in [0.15, 0.2) is 72.8 Å². The van der Waals surface area contributed by atoms with Crippen molar-refractivity contribution in [2.24, 2.45) is 23.7 Å². The van der Waals surface area contributed by atoms with Crippen molar-refractivity contribution >= 4 is 39.4 Å². The van der Waals surface area contributed by atoms with Crippen molar-refractivity contribution in [3.63, 3.8) is 0 Å². The Bertz CT molecular complexity index is 3420. The number of anilines is 3. The Labute approximate surface area is 489 Å². The number of fused-ring (bicyclic) bond motifs is 2. The number of aromatic hydroxyl groups is 1. The van der Waals surface area contributed by atoms with Crippen LogP contribution in [0.4, 0.5) is 17.6 Å². The lowest BCUT2D eigenvalue weighted by atomic mass is 9.71. The fourth-order valence-corrected chi connectivity index (χ4v) is 12.6. The van der Waals surface area contributed by atoms with Crippen molar-refractivity contribution in [1.82, 2.24) is 35.5 Å². The lowest BCUT2D eigenvalue weighted by Gasteiger charge is -2.39. The lowest BCUT2D eigenvalue weighted by molar-refractivity contribution is 0.314. The molecule has 4 fully saturated rings. The predicted octanol–water partition coefficient (Wildman–Crippen LogP) is 15.3. The van der Waals surface area contributed by atoms with Gasteiger partial charge in [-0.3, -0.25) is 4.90 Å². The minimum Gasteiger partial charge on any atom is -0.507 e. The molecule has 12 nitrogen and oxygen atoms in total. The standard InChI is InChI=1S/C70H91N11O/c1-43-17-15-19-50-31-53(64(72-60(43)50)78(35-45-21-22-45)36-46-23-24-46)40-80(66-74-76-77-75-66)39-49-29-55(67(3,4)5)59(56(30-49)68(6,7)8)62(52-33-57(69(9,10)11)63(82)58(34-52)70(12,13)14)81(42-71)41-54-32-51-20-16-18-44(2)61(51)73-65(54)79(37-47-25-26-47)38-48-27-28-48/h15-20,29-34,45-48,62,82H,21-28,35-41H2,1-14H3,(H,74,75,76,77). The molecule has 4 aliphatic carbocycles. The third kappa shape index (κ3) is 12.6. The first-order chi connectivity index (χ1) is 38.8. The molecule has 11 rings (SSSR count). The molecular weight excluding hydrogens is 1010 g/mol. The largest absolute Gasteiger partial charge is 0.507 e. The summed E-state index contributed by atoms with van der Waals surface area (Å²) in [7, 11) is 0. The van der Waals surface area contributed by atoms with E-state index in [1.54, 1.807) is 0 Å². The molecule has 82 heavy (non-hydrogen) atoms. The van der Waals surface area contributed by atoms with E-state index >= 15 is 0 Å². The molecule has 7 aromatic rings. The number of rotatable bonds is 20. The van der Waals surface area contributed by atoms with Crippen LogP contribution in [0.3, 0.4) is 0 Å². The fourth-order valence-electron chi connectivity index (χ4n) is 12.6. The molecule has 0 bridgehead atoms. The van der Waals surface area contributed by atoms with E-state index in [1.807, 2.05) is 0 Å². The van der Waals surface area contributed by atoms with E-state index in [0.29, 0.717) is 55.0 Å². The van der Waals surface area contributed by atoms with Crippen LogP contribution in [0.5, 0.6) is 5.75 Å². The normalized spacial score (nSPS) is 16.4. The molecule has 12 heteroatoms. The molecule has 0 amide bonds. The van der Waals surface area contributed by atoms with Crippen molar-refractivity contribution < 1.29 is 5.11 Å². The van der Waals surface area contributed by atoms with Crippen molar-refractivity contribution in [1.29, 1.82) is 5.26 Å². The van der Waals surface area contributed by atoms with Gasteiger partial charge in [-0.1, -0.05) is 137 Å². The minimum atomic E-state index is -0.557. The maximum atomic E-state index is 12.4. The van der Waals surface area contributed by atoms with E-state index in [2.05, 4.69) is 211 Å². The number of pyridine rings is 2. The third-order valence-electron chi connectivity index (χ3n) is 17.8. The Hall–Kier alpha value is -6.74. The summed E-state index contributed by atoms with van der Waals surface area (Å²) in [4.78, 5) is 20.7. The Kier molecular flexibility index (Phi) is 15.2. The van der Waals surface area contributed by atoms with Gasteiger partial charge in [-0.05, 0) is 190 Å². The van der Waals surface area contributed by atoms with E-state index < -0.39 is 27.7 Å². The molecule has 3 heterocycles. The highest BCUT2D eigenvalue weighted by atomic mass is 16.3. The summed E-state index contributed by atoms with van der Waals surface area (Å²) in [6.07, 6.45) is 13.0. The second-order valence-electron chi connectivity index (χ2n) is 29.6. The van der Waals surface area contributed by atoms with Gasteiger partial charge >= 0.3 is 0 Å². The van der Waals surface area contributed by atoms with Crippen LogP contribution in [0.2, 0.25) is 0 Å². The average Bonchev–Trinajstić information content (AvgIpc) is 2.44. The van der Waals surface area contributed by atoms with E-state index in [0.717, 1.165) is 115 Å². The van der Waals surface area contributed by atoms with Gasteiger partial charge in [-0.15, -0.1) is 5.10 Å². The van der Waals surface area contributed by atoms with Crippen LogP contribution in [0.1, 0.15) is 202 Å². The molecule has 0 radical (unpaired) electrons. The summed E-state index contributed by atoms with van der Waals surface area (Å²) in [6.45, 7) is 36.7. The highest BCUT2D eigenvalue weighted by Crippen LogP contribution is 2.49. The summed E-state index contributed by atoms with van der Waals surface area (Å²) in [6, 6.07) is 26.4. The zero-order chi connectivity index (χ0) is 58.2. The Morgan fingerprint density at radius 3 is 1.37 bits per heavy atom. The first-order valence-electron chi connectivity index (χ1n) is 30.8. The SMILES string of the molecule is Cc1cccc2cc(CN(Cc3cc(C(C)(C)C)c(C(c4cc(C(C)(C)C)c(O)c(C(C)(C)C)c4)N(C#N)Cc4cc5cccc(C)c5nc4N(CC4CC4)CC4CC4)c(C(C)(C)C)c3)c3nn[nH]n3)c(N(CC3CC3)CC3CC3)nc12. The lowest BCUT2D eigenvalue weighted by Crippen LogP contribution is -2.34. The number of H-pyrrole nitrogens is 1. The number of tetrazole rings is 1. The number of aryl methyl sites for hydroxylation is 2. The number of aromatic amines is 1. The highest BCUT2D eigenvalue weighted by molar-refractivity contribution is 5.86. The Morgan fingerprint density at radius 1 is 0.561 bits per heavy atom. The maximum absolute atomic E-state index is 12.4. The molecular formula is C70H91N11O. The number of aromatic nitrogens is 6. The minimum absolute atomic E-state index is 0.324. The molecule has 1 unspecified atom stereocenters. The Morgan fingerprint density at radius 2 is 0.988 bits per heavy atom. The summed E-state index contributed by atoms with van der Waals surface area (Å²) in [5.41, 5.74) is 12.3. The monoisotopic (exact) mass is 1100 g/mol. The number of nitriles is 1. The van der Waals surface area contributed by atoms with Gasteiger partial charge < -0.3 is 19.8 Å². The number of benzene rings is 4. The first-order valence-corrected chi connectivity index (χ1v) is 30.8. The van der Waals surface area contributed by atoms with Crippen LogP contribution in [0.25, 0.3) is 21.8 Å². The van der Waals surface area contributed by atoms with Crippen LogP contribution in [-0.4, -0.2) is 66.8 Å². The third-order valence-corrected chi connectivity index (χ3v) is 17.8. The van der Waals surface area contributed by atoms with E-state index in [9.17, 15) is 10.4 Å². The molecule has 0 aliphatic heterocycles. The predicted molar refractivity (Wildman–Crippen MR) is 335 cm³/mol. The van der Waals surface area contributed by atoms with Crippen LogP contribution >= 0.6 is 0 Å². The summed E-state index contributed by atoms with van der Waals surface area (Å²) in [5.74, 6) is 5.64. The molecule has 4 saturated carbocycles. The number of nitrogens with one attached hydrogen (secondary N) is 1. The van der Waals surface area contributed by atoms with E-state index in [4.69, 9.17) is 15.1 Å². The number of phenols is 1. The molecule has 0 saturated heterocycles. The molecule has 0 spiro atoms. The molecule has 3 aromatic heterocycles. The summed E-state index contributed by atoms with van der Waals surface area (Å²) < 4.78 is 0. The maximum Gasteiger partial charge on any atom is 0.266 e. The summed E-state index contributed by atoms with van der Waals surface area (Å²) >= 11 is 0. The number of phenolic OH excluding ortho intramolecular Hbond substituents is 1. The molecule has 4 aliphatic rings. The van der Waals surface area contributed by atoms with Gasteiger partial charge in [0.2, 0.25) is 0 Å². The van der Waals surface area contributed by atoms with E-state index in [-0.39, 0.29) is 0 Å². The van der Waals surface area contributed by atoms with E-state index in [1.165, 1.54) is 56.9 Å². The highest BCUT2D eigenvalue weighted by Gasteiger charge is 2.39. The average molecular weight is 1100 g/mol. The van der Waals surface area contributed by atoms with Crippen molar-refractivity contribution in [2.75, 3.05) is 40.9 Å². The van der Waals surface area contributed by atoms with Gasteiger partial charge in [-0.2, -0.15) is 10.5 Å². The number of hydrogen-bond donors (Lipinski definition) is 2. The molecule has 2 N–H and O–H groups in total. The number of para-hydroxylation sites is 2. The smallest absolute Gasteiger partial charge is 0.266 e. The van der Waals surface area contributed by atoms with Crippen LogP contribution < -0.4 is 14.7 Å². The van der Waals surface area contributed by atoms with Crippen molar-refractivity contribution in [2.45, 2.75) is 196 Å². The molecule has 4 aromatic carbocycles. The van der Waals surface area contributed by atoms with Crippen molar-refractivity contribution in [3.8, 4) is 11.9 Å². The van der Waals surface area contributed by atoms with Crippen LogP contribution in [0, 0.1) is 49.0 Å². The number of hydrogen-bond acceptors (Lipinski definition) is 11. The van der Waals surface area contributed by atoms with Gasteiger partial charge in [0.25, 0.3) is 5.95 Å². The number of nitrogens with zero attached hydrogens (tertiary/aromatic N) is 10. The first kappa shape index (κ1) is 57.1. The van der Waals surface area contributed by atoms with Crippen molar-refractivity contribution in [3.05, 3.63) is 134 Å². The zero-order valence-electron chi connectivity index (χ0n) is 51.8. The quantitative estimate of drug-likeness (QED) is 0.0557. The van der Waals surface area contributed by atoms with Gasteiger partial charge in [0.15, 0.2) is 6.19 Å². The molecule has 1 atom stereocenters. The Balaban J connectivity index is 1.10. The molecule has 432 valence electrons. The van der Waals surface area contributed by atoms with Gasteiger partial charge in [0.05, 0.1) is 23.6 Å².